The highest BCUT2D eigenvalue weighted by Gasteiger charge is 2.37. The Bertz CT molecular complexity index is 799. The Balaban J connectivity index is 1.87. The highest BCUT2D eigenvalue weighted by Crippen LogP contribution is 2.50. The van der Waals surface area contributed by atoms with Crippen LogP contribution in [0.2, 0.25) is 0 Å². The first-order chi connectivity index (χ1) is 12.3. The van der Waals surface area contributed by atoms with Crippen molar-refractivity contribution >= 4 is 13.6 Å². The predicted octanol–water partition coefficient (Wildman–Crippen LogP) is 4.53. The molecule has 0 N–H and O–H groups in total. The second kappa shape index (κ2) is 7.26. The molecule has 0 fully saturated rings. The number of carbonyl (C=O) groups excluding carboxylic acids is 1. The van der Waals surface area contributed by atoms with E-state index >= 15 is 0 Å². The molecule has 0 unspecified atom stereocenters. The second-order valence-corrected chi connectivity index (χ2v) is 8.01. The van der Waals surface area contributed by atoms with Gasteiger partial charge < -0.3 is 18.5 Å². The van der Waals surface area contributed by atoms with E-state index in [1.54, 1.807) is 62.4 Å². The molecule has 2 aromatic carbocycles. The molecule has 0 amide bonds. The predicted molar refractivity (Wildman–Crippen MR) is 96.0 cm³/mol. The molecule has 136 valence electrons. The van der Waals surface area contributed by atoms with Crippen molar-refractivity contribution in [3.63, 3.8) is 0 Å². The van der Waals surface area contributed by atoms with Crippen molar-refractivity contribution in [2.75, 3.05) is 6.16 Å². The summed E-state index contributed by atoms with van der Waals surface area (Å²) in [5, 5.41) is 0. The third-order valence-electron chi connectivity index (χ3n) is 3.33. The van der Waals surface area contributed by atoms with Gasteiger partial charge >= 0.3 is 13.6 Å². The van der Waals surface area contributed by atoms with E-state index in [0.717, 1.165) is 6.08 Å². The molecule has 0 spiro atoms. The Morgan fingerprint density at radius 3 is 1.85 bits per heavy atom. The first-order valence-corrected chi connectivity index (χ1v) is 9.77. The lowest BCUT2D eigenvalue weighted by molar-refractivity contribution is -0.204. The van der Waals surface area contributed by atoms with Crippen molar-refractivity contribution in [2.24, 2.45) is 0 Å². The van der Waals surface area contributed by atoms with Crippen LogP contribution in [0.1, 0.15) is 13.8 Å². The minimum Gasteiger partial charge on any atom is -0.456 e. The summed E-state index contributed by atoms with van der Waals surface area (Å²) >= 11 is 0. The molecule has 2 aromatic rings. The fourth-order valence-corrected chi connectivity index (χ4v) is 3.99. The number of para-hydroxylation sites is 2. The van der Waals surface area contributed by atoms with Gasteiger partial charge in [0.1, 0.15) is 23.4 Å². The van der Waals surface area contributed by atoms with Gasteiger partial charge in [-0.3, -0.25) is 0 Å². The van der Waals surface area contributed by atoms with Gasteiger partial charge in [-0.15, -0.1) is 0 Å². The molecule has 1 heterocycles. The standard InChI is InChI=1S/C19H19O6P/c1-19(2)22-17(13-18(20)23-19)14-26(21,24-15-9-5-3-6-10-15)25-16-11-7-4-8-12-16/h3-13H,14H2,1-2H3. The first-order valence-electron chi connectivity index (χ1n) is 8.05. The van der Waals surface area contributed by atoms with Crippen LogP contribution < -0.4 is 9.05 Å². The largest absolute Gasteiger partial charge is 0.456 e. The number of hydrogen-bond donors (Lipinski definition) is 0. The maximum absolute atomic E-state index is 13.4. The highest BCUT2D eigenvalue weighted by atomic mass is 31.2. The minimum atomic E-state index is -3.72. The van der Waals surface area contributed by atoms with Gasteiger partial charge in [0.25, 0.3) is 0 Å². The zero-order valence-corrected chi connectivity index (χ0v) is 15.3. The lowest BCUT2D eigenvalue weighted by Crippen LogP contribution is -2.35. The van der Waals surface area contributed by atoms with Gasteiger partial charge in [0.15, 0.2) is 0 Å². The minimum absolute atomic E-state index is 0.182. The molecule has 7 heteroatoms. The van der Waals surface area contributed by atoms with Crippen LogP contribution in [0.4, 0.5) is 0 Å². The average Bonchev–Trinajstić information content (AvgIpc) is 2.54. The molecule has 0 aliphatic carbocycles. The lowest BCUT2D eigenvalue weighted by atomic mass is 10.3. The molecule has 0 radical (unpaired) electrons. The zero-order chi connectivity index (χ0) is 18.6. The van der Waals surface area contributed by atoms with Crippen molar-refractivity contribution in [1.82, 2.24) is 0 Å². The lowest BCUT2D eigenvalue weighted by Gasteiger charge is -2.31. The Labute approximate surface area is 151 Å². The van der Waals surface area contributed by atoms with Gasteiger partial charge in [-0.25, -0.2) is 9.36 Å². The van der Waals surface area contributed by atoms with Crippen LogP contribution in [0.3, 0.4) is 0 Å². The van der Waals surface area contributed by atoms with E-state index < -0.39 is 19.4 Å². The van der Waals surface area contributed by atoms with E-state index in [-0.39, 0.29) is 11.9 Å². The van der Waals surface area contributed by atoms with Gasteiger partial charge in [-0.05, 0) is 24.3 Å². The topological polar surface area (TPSA) is 71.1 Å². The Hall–Kier alpha value is -2.72. The molecular weight excluding hydrogens is 355 g/mol. The van der Waals surface area contributed by atoms with Crippen molar-refractivity contribution in [2.45, 2.75) is 19.6 Å². The highest BCUT2D eigenvalue weighted by molar-refractivity contribution is 7.54. The fraction of sp³-hybridized carbons (Fsp3) is 0.211. The monoisotopic (exact) mass is 374 g/mol. The number of carbonyl (C=O) groups is 1. The average molecular weight is 374 g/mol. The molecule has 0 bridgehead atoms. The first kappa shape index (κ1) is 18.1. The summed E-state index contributed by atoms with van der Waals surface area (Å²) < 4.78 is 35.4. The maximum Gasteiger partial charge on any atom is 0.438 e. The van der Waals surface area contributed by atoms with Crippen LogP contribution in [-0.2, 0) is 18.8 Å². The summed E-state index contributed by atoms with van der Waals surface area (Å²) in [4.78, 5) is 11.7. The number of rotatable bonds is 6. The molecule has 0 atom stereocenters. The summed E-state index contributed by atoms with van der Waals surface area (Å²) in [5.41, 5.74) is 0. The quantitative estimate of drug-likeness (QED) is 0.546. The molecule has 1 aliphatic heterocycles. The van der Waals surface area contributed by atoms with E-state index in [9.17, 15) is 9.36 Å². The summed E-state index contributed by atoms with van der Waals surface area (Å²) in [6, 6.07) is 17.4. The molecule has 3 rings (SSSR count). The maximum atomic E-state index is 13.4. The van der Waals surface area contributed by atoms with Crippen molar-refractivity contribution in [3.05, 3.63) is 72.5 Å². The van der Waals surface area contributed by atoms with Crippen LogP contribution in [0.15, 0.2) is 72.5 Å². The van der Waals surface area contributed by atoms with Crippen LogP contribution in [0, 0.1) is 0 Å². The molecule has 6 nitrogen and oxygen atoms in total. The Morgan fingerprint density at radius 2 is 1.38 bits per heavy atom. The third-order valence-corrected chi connectivity index (χ3v) is 5.00. The number of allylic oxidation sites excluding steroid dienone is 1. The fourth-order valence-electron chi connectivity index (χ4n) is 2.41. The van der Waals surface area contributed by atoms with Gasteiger partial charge in [0.05, 0.1) is 6.08 Å². The second-order valence-electron chi connectivity index (χ2n) is 6.11. The van der Waals surface area contributed by atoms with Crippen LogP contribution in [0.5, 0.6) is 11.5 Å². The number of esters is 1. The molecule has 0 saturated heterocycles. The number of hydrogen-bond acceptors (Lipinski definition) is 6. The van der Waals surface area contributed by atoms with Crippen molar-refractivity contribution in [3.8, 4) is 11.5 Å². The molecule has 0 saturated carbocycles. The van der Waals surface area contributed by atoms with Crippen LogP contribution in [0.25, 0.3) is 0 Å². The normalized spacial score (nSPS) is 16.1. The van der Waals surface area contributed by atoms with Gasteiger partial charge in [-0.1, -0.05) is 36.4 Å². The van der Waals surface area contributed by atoms with E-state index in [0.29, 0.717) is 11.5 Å². The van der Waals surface area contributed by atoms with Crippen LogP contribution >= 0.6 is 7.60 Å². The molecule has 1 aliphatic rings. The number of benzene rings is 2. The van der Waals surface area contributed by atoms with Crippen molar-refractivity contribution in [1.29, 1.82) is 0 Å². The number of ether oxygens (including phenoxy) is 2. The van der Waals surface area contributed by atoms with Gasteiger partial charge in [0, 0.05) is 13.8 Å². The van der Waals surface area contributed by atoms with Gasteiger partial charge in [0.2, 0.25) is 5.79 Å². The number of cyclic esters (lactones) is 1. The van der Waals surface area contributed by atoms with E-state index in [2.05, 4.69) is 0 Å². The Morgan fingerprint density at radius 1 is 0.885 bits per heavy atom. The smallest absolute Gasteiger partial charge is 0.438 e. The van der Waals surface area contributed by atoms with Crippen LogP contribution in [-0.4, -0.2) is 17.9 Å². The van der Waals surface area contributed by atoms with E-state index in [1.807, 2.05) is 12.1 Å². The van der Waals surface area contributed by atoms with E-state index in [4.69, 9.17) is 18.5 Å². The zero-order valence-electron chi connectivity index (χ0n) is 14.5. The summed E-state index contributed by atoms with van der Waals surface area (Å²) in [6.07, 6.45) is 0.940. The third kappa shape index (κ3) is 4.90. The molecule has 26 heavy (non-hydrogen) atoms. The molecule has 0 aromatic heterocycles. The summed E-state index contributed by atoms with van der Waals surface area (Å²) in [5.74, 6) is -0.746. The summed E-state index contributed by atoms with van der Waals surface area (Å²) in [6.45, 7) is 3.19. The van der Waals surface area contributed by atoms with Gasteiger partial charge in [-0.2, -0.15) is 0 Å². The molecular formula is C19H19O6P. The Kier molecular flexibility index (Phi) is 5.05. The summed E-state index contributed by atoms with van der Waals surface area (Å²) in [7, 11) is -3.72. The van der Waals surface area contributed by atoms with Crippen molar-refractivity contribution < 1.29 is 27.9 Å². The van der Waals surface area contributed by atoms with E-state index in [1.165, 1.54) is 0 Å². The SMILES string of the molecule is CC1(C)OC(=O)C=C(CP(=O)(Oc2ccccc2)Oc2ccccc2)O1.